The summed E-state index contributed by atoms with van der Waals surface area (Å²) in [6.45, 7) is 7.26. The topological polar surface area (TPSA) is 118 Å². The molecule has 0 aliphatic heterocycles. The fourth-order valence-corrected chi connectivity index (χ4v) is 5.44. The van der Waals surface area contributed by atoms with Crippen molar-refractivity contribution >= 4 is 28.2 Å². The van der Waals surface area contributed by atoms with Crippen LogP contribution < -0.4 is 10.2 Å². The summed E-state index contributed by atoms with van der Waals surface area (Å²) in [4.78, 5) is 16.5. The Morgan fingerprint density at radius 3 is 2.46 bits per heavy atom. The van der Waals surface area contributed by atoms with Crippen molar-refractivity contribution in [1.29, 1.82) is 0 Å². The van der Waals surface area contributed by atoms with E-state index >= 15 is 0 Å². The summed E-state index contributed by atoms with van der Waals surface area (Å²) in [5.41, 5.74) is 2.96. The molecule has 2 aromatic rings. The van der Waals surface area contributed by atoms with Gasteiger partial charge < -0.3 is 9.47 Å². The zero-order valence-corrected chi connectivity index (χ0v) is 23.3. The summed E-state index contributed by atoms with van der Waals surface area (Å²) in [6.07, 6.45) is 5.67. The summed E-state index contributed by atoms with van der Waals surface area (Å²) in [5.74, 6) is 1.06. The molecule has 0 atom stereocenters. The highest BCUT2D eigenvalue weighted by Gasteiger charge is 2.25. The quantitative estimate of drug-likeness (QED) is 0.365. The van der Waals surface area contributed by atoms with Crippen LogP contribution in [0, 0.1) is 11.8 Å². The van der Waals surface area contributed by atoms with E-state index in [4.69, 9.17) is 9.47 Å². The zero-order valence-electron chi connectivity index (χ0n) is 21.6. The molecule has 0 saturated heterocycles. The van der Waals surface area contributed by atoms with E-state index in [2.05, 4.69) is 24.3 Å². The Balaban J connectivity index is 0.00000481. The first-order chi connectivity index (χ1) is 17.2. The van der Waals surface area contributed by atoms with Crippen molar-refractivity contribution < 1.29 is 27.9 Å². The second-order valence-corrected chi connectivity index (χ2v) is 11.5. The lowest BCUT2D eigenvalue weighted by Crippen LogP contribution is -2.40. The van der Waals surface area contributed by atoms with Gasteiger partial charge >= 0.3 is 0 Å². The van der Waals surface area contributed by atoms with Crippen molar-refractivity contribution in [2.75, 3.05) is 13.2 Å². The number of aromatic nitrogens is 1. The Bertz CT molecular complexity index is 1090. The first-order valence-electron chi connectivity index (χ1n) is 12.5. The normalized spacial score (nSPS) is 17.9. The number of hydrogen-bond acceptors (Lipinski definition) is 8. The number of pyridine rings is 1. The van der Waals surface area contributed by atoms with Crippen LogP contribution in [-0.2, 0) is 25.9 Å². The van der Waals surface area contributed by atoms with E-state index in [1.807, 2.05) is 6.92 Å². The Morgan fingerprint density at radius 2 is 1.84 bits per heavy atom. The number of sulfone groups is 1. The maximum atomic E-state index is 13.0. The standard InChI is InChI=1S/C26H37N3O6S.ClH/c1-4-34-22-9-11-24(12-10-22)36(32,33)26-16-21(13-14-27-26)17-29(31)28-25(30)15-20-5-7-23(8-6-20)35-18-19(2)3;/h9-14,16,19-20,23,31H,4-8,15,17-18H2,1-3H3,(H,28,30);1H. The molecular formula is C26H38ClN3O6S. The number of halogens is 1. The third kappa shape index (κ3) is 9.54. The average Bonchev–Trinajstić information content (AvgIpc) is 2.84. The molecule has 1 fully saturated rings. The molecule has 0 radical (unpaired) electrons. The summed E-state index contributed by atoms with van der Waals surface area (Å²) in [5, 5.41) is 10.8. The van der Waals surface area contributed by atoms with Gasteiger partial charge in [-0.1, -0.05) is 19.0 Å². The second kappa shape index (κ2) is 14.6. The van der Waals surface area contributed by atoms with E-state index in [0.29, 0.717) is 35.4 Å². The molecule has 2 N–H and O–H groups in total. The lowest BCUT2D eigenvalue weighted by Gasteiger charge is -2.29. The van der Waals surface area contributed by atoms with Crippen molar-refractivity contribution in [2.45, 2.75) is 75.4 Å². The van der Waals surface area contributed by atoms with Crippen LogP contribution in [-0.4, -0.2) is 49.0 Å². The summed E-state index contributed by atoms with van der Waals surface area (Å²) in [6, 6.07) is 9.10. The van der Waals surface area contributed by atoms with Crippen LogP contribution in [0.5, 0.6) is 5.75 Å². The fourth-order valence-electron chi connectivity index (χ4n) is 4.19. The predicted molar refractivity (Wildman–Crippen MR) is 141 cm³/mol. The van der Waals surface area contributed by atoms with Crippen molar-refractivity contribution in [3.63, 3.8) is 0 Å². The second-order valence-electron chi connectivity index (χ2n) is 9.58. The van der Waals surface area contributed by atoms with Crippen LogP contribution in [0.1, 0.15) is 58.4 Å². The van der Waals surface area contributed by atoms with Crippen LogP contribution in [0.3, 0.4) is 0 Å². The molecule has 9 nitrogen and oxygen atoms in total. The molecule has 1 heterocycles. The van der Waals surface area contributed by atoms with E-state index < -0.39 is 9.84 Å². The van der Waals surface area contributed by atoms with Gasteiger partial charge in [0.05, 0.1) is 24.2 Å². The molecule has 1 amide bonds. The van der Waals surface area contributed by atoms with Crippen LogP contribution in [0.25, 0.3) is 0 Å². The summed E-state index contributed by atoms with van der Waals surface area (Å²) in [7, 11) is -3.85. The molecule has 0 unspecified atom stereocenters. The largest absolute Gasteiger partial charge is 0.494 e. The van der Waals surface area contributed by atoms with Gasteiger partial charge in [-0.05, 0) is 86.4 Å². The molecule has 1 saturated carbocycles. The number of nitrogens with zero attached hydrogens (tertiary/aromatic N) is 2. The number of benzene rings is 1. The smallest absolute Gasteiger partial charge is 0.236 e. The van der Waals surface area contributed by atoms with Crippen LogP contribution in [0.4, 0.5) is 0 Å². The van der Waals surface area contributed by atoms with E-state index in [0.717, 1.165) is 32.3 Å². The minimum absolute atomic E-state index is 0. The van der Waals surface area contributed by atoms with E-state index in [-0.39, 0.29) is 46.8 Å². The molecule has 1 aliphatic rings. The van der Waals surface area contributed by atoms with Gasteiger partial charge in [0.1, 0.15) is 5.75 Å². The first-order valence-corrected chi connectivity index (χ1v) is 14.0. The third-order valence-corrected chi connectivity index (χ3v) is 7.71. The molecular weight excluding hydrogens is 518 g/mol. The van der Waals surface area contributed by atoms with Crippen molar-refractivity contribution in [3.8, 4) is 5.75 Å². The monoisotopic (exact) mass is 555 g/mol. The predicted octanol–water partition coefficient (Wildman–Crippen LogP) is 4.58. The number of amides is 1. The molecule has 1 aromatic carbocycles. The molecule has 0 bridgehead atoms. The van der Waals surface area contributed by atoms with Gasteiger partial charge in [0.15, 0.2) is 5.03 Å². The minimum atomic E-state index is -3.85. The molecule has 1 aromatic heterocycles. The summed E-state index contributed by atoms with van der Waals surface area (Å²) >= 11 is 0. The maximum Gasteiger partial charge on any atom is 0.236 e. The van der Waals surface area contributed by atoms with Gasteiger partial charge in [0.2, 0.25) is 15.7 Å². The van der Waals surface area contributed by atoms with Gasteiger partial charge in [0.25, 0.3) is 0 Å². The van der Waals surface area contributed by atoms with Crippen LogP contribution in [0.2, 0.25) is 0 Å². The highest BCUT2D eigenvalue weighted by atomic mass is 35.5. The van der Waals surface area contributed by atoms with E-state index in [1.54, 1.807) is 18.2 Å². The molecule has 37 heavy (non-hydrogen) atoms. The number of carbonyl (C=O) groups is 1. The number of carbonyl (C=O) groups excluding carboxylic acids is 1. The Morgan fingerprint density at radius 1 is 1.16 bits per heavy atom. The number of nitrogens with one attached hydrogen (secondary N) is 1. The van der Waals surface area contributed by atoms with Gasteiger partial charge in [0, 0.05) is 19.2 Å². The molecule has 3 rings (SSSR count). The Labute approximate surface area is 225 Å². The fraction of sp³-hybridized carbons (Fsp3) is 0.538. The molecule has 0 spiro atoms. The average molecular weight is 556 g/mol. The highest BCUT2D eigenvalue weighted by molar-refractivity contribution is 7.91. The van der Waals surface area contributed by atoms with Crippen LogP contribution >= 0.6 is 12.4 Å². The third-order valence-electron chi connectivity index (χ3n) is 6.04. The Kier molecular flexibility index (Phi) is 12.3. The molecule has 206 valence electrons. The van der Waals surface area contributed by atoms with Crippen LogP contribution in [0.15, 0.2) is 52.5 Å². The van der Waals surface area contributed by atoms with Crippen molar-refractivity contribution in [2.24, 2.45) is 11.8 Å². The van der Waals surface area contributed by atoms with Gasteiger partial charge in [-0.15, -0.1) is 12.4 Å². The van der Waals surface area contributed by atoms with Crippen molar-refractivity contribution in [3.05, 3.63) is 48.2 Å². The number of hydrogen-bond donors (Lipinski definition) is 2. The molecule has 11 heteroatoms. The number of hydroxylamine groups is 1. The van der Waals surface area contributed by atoms with Gasteiger partial charge in [-0.2, -0.15) is 0 Å². The van der Waals surface area contributed by atoms with E-state index in [1.165, 1.54) is 24.4 Å². The number of hydrazine groups is 1. The summed E-state index contributed by atoms with van der Waals surface area (Å²) < 4.78 is 37.2. The van der Waals surface area contributed by atoms with Crippen molar-refractivity contribution in [1.82, 2.24) is 15.6 Å². The molecule has 1 aliphatic carbocycles. The maximum absolute atomic E-state index is 13.0. The van der Waals surface area contributed by atoms with Gasteiger partial charge in [-0.25, -0.2) is 13.4 Å². The number of ether oxygens (including phenoxy) is 2. The Hall–Kier alpha value is -2.24. The number of rotatable bonds is 12. The SMILES string of the molecule is CCOc1ccc(S(=O)(=O)c2cc(CN(O)NC(=O)CC3CCC(OCC(C)C)CC3)ccn2)cc1.Cl. The lowest BCUT2D eigenvalue weighted by molar-refractivity contribution is -0.166. The highest BCUT2D eigenvalue weighted by Crippen LogP contribution is 2.29. The zero-order chi connectivity index (χ0) is 26.1. The lowest BCUT2D eigenvalue weighted by atomic mass is 9.85. The first kappa shape index (κ1) is 31.0. The van der Waals surface area contributed by atoms with E-state index in [9.17, 15) is 18.4 Å². The van der Waals surface area contributed by atoms with Gasteiger partial charge in [-0.3, -0.25) is 15.4 Å². The minimum Gasteiger partial charge on any atom is -0.494 e.